The van der Waals surface area contributed by atoms with Crippen LogP contribution in [-0.4, -0.2) is 31.0 Å². The zero-order chi connectivity index (χ0) is 32.3. The van der Waals surface area contributed by atoms with E-state index in [4.69, 9.17) is 35.3 Å². The Morgan fingerprint density at radius 1 is 0.596 bits per heavy atom. The summed E-state index contributed by atoms with van der Waals surface area (Å²) in [5.41, 5.74) is 5.30. The quantitative estimate of drug-likeness (QED) is 0.100. The number of rotatable bonds is 15. The standard InChI is InChI=1S/C39H38BrClO5S/c40-22-32-21-34(47-39(32)41)36-38(45-26-31-19-11-4-12-20-31)37(44-25-30-17-9-3-10-18-30)35(43-24-29-15-7-2-8-16-29)33(46-36)27-42-23-28-13-5-1-6-14-28/h1-21,33,35-38H,22-27H2/t33-,35-,36+,37+,38+/m1/s1. The molecule has 47 heavy (non-hydrogen) atoms. The molecule has 1 saturated heterocycles. The molecule has 5 aromatic rings. The molecule has 0 radical (unpaired) electrons. The second-order valence-electron chi connectivity index (χ2n) is 11.5. The van der Waals surface area contributed by atoms with E-state index in [1.807, 2.05) is 72.8 Å². The van der Waals surface area contributed by atoms with Gasteiger partial charge in [-0.05, 0) is 33.9 Å². The average molecular weight is 734 g/mol. The first-order chi connectivity index (χ1) is 23.2. The maximum absolute atomic E-state index is 6.99. The van der Waals surface area contributed by atoms with E-state index >= 15 is 0 Å². The molecular weight excluding hydrogens is 696 g/mol. The first-order valence-corrected chi connectivity index (χ1v) is 18.1. The molecular formula is C39H38BrClO5S. The number of ether oxygens (including phenoxy) is 5. The van der Waals surface area contributed by atoms with Crippen molar-refractivity contribution in [2.75, 3.05) is 6.61 Å². The van der Waals surface area contributed by atoms with Gasteiger partial charge in [0, 0.05) is 10.2 Å². The molecule has 0 spiro atoms. The van der Waals surface area contributed by atoms with E-state index in [1.54, 1.807) is 0 Å². The van der Waals surface area contributed by atoms with Gasteiger partial charge in [-0.25, -0.2) is 0 Å². The summed E-state index contributed by atoms with van der Waals surface area (Å²) < 4.78 is 34.5. The van der Waals surface area contributed by atoms with Crippen LogP contribution in [0.1, 0.15) is 38.8 Å². The molecule has 0 amide bonds. The topological polar surface area (TPSA) is 46.2 Å². The Kier molecular flexibility index (Phi) is 12.7. The number of hydrogen-bond acceptors (Lipinski definition) is 6. The summed E-state index contributed by atoms with van der Waals surface area (Å²) >= 11 is 11.8. The molecule has 2 heterocycles. The van der Waals surface area contributed by atoms with Gasteiger partial charge in [-0.2, -0.15) is 0 Å². The zero-order valence-electron chi connectivity index (χ0n) is 26.0. The lowest BCUT2D eigenvalue weighted by atomic mass is 9.93. The minimum Gasteiger partial charge on any atom is -0.374 e. The highest BCUT2D eigenvalue weighted by molar-refractivity contribution is 9.08. The van der Waals surface area contributed by atoms with Crippen molar-refractivity contribution in [2.24, 2.45) is 0 Å². The normalized spacial score (nSPS) is 21.1. The summed E-state index contributed by atoms with van der Waals surface area (Å²) in [7, 11) is 0. The van der Waals surface area contributed by atoms with Crippen molar-refractivity contribution in [1.29, 1.82) is 0 Å². The summed E-state index contributed by atoms with van der Waals surface area (Å²) in [5, 5.41) is 0.644. The van der Waals surface area contributed by atoms with E-state index in [9.17, 15) is 0 Å². The first-order valence-electron chi connectivity index (χ1n) is 15.8. The van der Waals surface area contributed by atoms with Gasteiger partial charge in [-0.3, -0.25) is 0 Å². The third kappa shape index (κ3) is 9.40. The second-order valence-corrected chi connectivity index (χ2v) is 13.7. The smallest absolute Gasteiger partial charge is 0.121 e. The van der Waals surface area contributed by atoms with Gasteiger partial charge < -0.3 is 23.7 Å². The third-order valence-electron chi connectivity index (χ3n) is 8.08. The molecule has 0 N–H and O–H groups in total. The van der Waals surface area contributed by atoms with Gasteiger partial charge in [0.1, 0.15) is 30.5 Å². The molecule has 0 aliphatic carbocycles. The summed E-state index contributed by atoms with van der Waals surface area (Å²) in [5.74, 6) is 0. The Morgan fingerprint density at radius 3 is 1.51 bits per heavy atom. The number of thiophene rings is 1. The SMILES string of the molecule is Clc1sc([C@@H]2O[C@H](COCc3ccccc3)[C@@H](OCc3ccccc3)[C@H](OCc3ccccc3)[C@H]2OCc2ccccc2)cc1CBr. The monoisotopic (exact) mass is 732 g/mol. The van der Waals surface area contributed by atoms with E-state index in [-0.39, 0.29) is 0 Å². The van der Waals surface area contributed by atoms with Gasteiger partial charge in [0.05, 0.1) is 37.4 Å². The van der Waals surface area contributed by atoms with Crippen LogP contribution in [0, 0.1) is 0 Å². The van der Waals surface area contributed by atoms with Crippen LogP contribution in [-0.2, 0) is 55.4 Å². The van der Waals surface area contributed by atoms with Gasteiger partial charge in [-0.15, -0.1) is 11.3 Å². The van der Waals surface area contributed by atoms with E-state index in [0.717, 1.165) is 37.0 Å². The van der Waals surface area contributed by atoms with E-state index in [1.165, 1.54) is 11.3 Å². The summed E-state index contributed by atoms with van der Waals surface area (Å²) in [4.78, 5) is 0.977. The Hall–Kier alpha value is -2.85. The Labute approximate surface area is 294 Å². The lowest BCUT2D eigenvalue weighted by Crippen LogP contribution is -2.58. The Bertz CT molecular complexity index is 1620. The zero-order valence-corrected chi connectivity index (χ0v) is 29.1. The van der Waals surface area contributed by atoms with Crippen LogP contribution in [0.5, 0.6) is 0 Å². The minimum absolute atomic E-state index is 0.311. The van der Waals surface area contributed by atoms with Crippen molar-refractivity contribution in [2.45, 2.75) is 62.3 Å². The van der Waals surface area contributed by atoms with Crippen molar-refractivity contribution >= 4 is 38.9 Å². The number of halogens is 2. The van der Waals surface area contributed by atoms with Gasteiger partial charge in [0.15, 0.2) is 0 Å². The van der Waals surface area contributed by atoms with Gasteiger partial charge >= 0.3 is 0 Å². The van der Waals surface area contributed by atoms with Crippen LogP contribution in [0.4, 0.5) is 0 Å². The molecule has 0 unspecified atom stereocenters. The fourth-order valence-corrected chi connectivity index (χ4v) is 7.83. The van der Waals surface area contributed by atoms with Crippen LogP contribution < -0.4 is 0 Å². The molecule has 5 nitrogen and oxygen atoms in total. The van der Waals surface area contributed by atoms with Gasteiger partial charge in [0.2, 0.25) is 0 Å². The van der Waals surface area contributed by atoms with Crippen LogP contribution in [0.15, 0.2) is 127 Å². The predicted octanol–water partition coefficient (Wildman–Crippen LogP) is 9.71. The lowest BCUT2D eigenvalue weighted by molar-refractivity contribution is -0.274. The summed E-state index contributed by atoms with van der Waals surface area (Å²) in [6, 6.07) is 42.8. The van der Waals surface area contributed by atoms with E-state index in [0.29, 0.717) is 38.4 Å². The number of alkyl halides is 1. The summed E-state index contributed by atoms with van der Waals surface area (Å²) in [6.07, 6.45) is -2.38. The maximum atomic E-state index is 6.99. The molecule has 8 heteroatoms. The molecule has 0 bridgehead atoms. The van der Waals surface area contributed by atoms with Crippen molar-refractivity contribution in [1.82, 2.24) is 0 Å². The highest BCUT2D eigenvalue weighted by Crippen LogP contribution is 2.43. The predicted molar refractivity (Wildman–Crippen MR) is 191 cm³/mol. The molecule has 0 saturated carbocycles. The van der Waals surface area contributed by atoms with Crippen LogP contribution in [0.3, 0.4) is 0 Å². The van der Waals surface area contributed by atoms with Crippen LogP contribution >= 0.6 is 38.9 Å². The van der Waals surface area contributed by atoms with Gasteiger partial charge in [-0.1, -0.05) is 149 Å². The molecule has 244 valence electrons. The first kappa shape index (κ1) is 34.0. The highest BCUT2D eigenvalue weighted by Gasteiger charge is 2.49. The molecule has 6 rings (SSSR count). The fraction of sp³-hybridized carbons (Fsp3) is 0.282. The molecule has 1 aliphatic rings. The van der Waals surface area contributed by atoms with Crippen LogP contribution in [0.25, 0.3) is 0 Å². The maximum Gasteiger partial charge on any atom is 0.121 e. The third-order valence-corrected chi connectivity index (χ3v) is 10.2. The average Bonchev–Trinajstić information content (AvgIpc) is 3.51. The van der Waals surface area contributed by atoms with Crippen molar-refractivity contribution < 1.29 is 23.7 Å². The molecule has 1 aliphatic heterocycles. The largest absolute Gasteiger partial charge is 0.374 e. The van der Waals surface area contributed by atoms with Crippen LogP contribution in [0.2, 0.25) is 4.34 Å². The van der Waals surface area contributed by atoms with E-state index in [2.05, 4.69) is 70.5 Å². The van der Waals surface area contributed by atoms with Crippen molar-refractivity contribution in [3.63, 3.8) is 0 Å². The Morgan fingerprint density at radius 2 is 1.04 bits per heavy atom. The second kappa shape index (κ2) is 17.5. The number of hydrogen-bond donors (Lipinski definition) is 0. The van der Waals surface area contributed by atoms with Crippen molar-refractivity contribution in [3.8, 4) is 0 Å². The van der Waals surface area contributed by atoms with Gasteiger partial charge in [0.25, 0.3) is 0 Å². The molecule has 5 atom stereocenters. The Balaban J connectivity index is 1.35. The fourth-order valence-electron chi connectivity index (χ4n) is 5.68. The highest BCUT2D eigenvalue weighted by atomic mass is 79.9. The minimum atomic E-state index is -0.497. The van der Waals surface area contributed by atoms with Crippen molar-refractivity contribution in [3.05, 3.63) is 164 Å². The molecule has 4 aromatic carbocycles. The van der Waals surface area contributed by atoms with E-state index < -0.39 is 30.5 Å². The molecule has 1 fully saturated rings. The summed E-state index contributed by atoms with van der Waals surface area (Å²) in [6.45, 7) is 1.94. The molecule has 1 aromatic heterocycles. The number of benzene rings is 4. The lowest BCUT2D eigenvalue weighted by Gasteiger charge is -2.46.